The highest BCUT2D eigenvalue weighted by Crippen LogP contribution is 2.37. The molecule has 0 spiro atoms. The van der Waals surface area contributed by atoms with Gasteiger partial charge in [0.1, 0.15) is 5.75 Å². The number of thioether (sulfide) groups is 1. The van der Waals surface area contributed by atoms with Crippen molar-refractivity contribution in [2.75, 3.05) is 25.7 Å². The zero-order valence-electron chi connectivity index (χ0n) is 11.3. The summed E-state index contributed by atoms with van der Waals surface area (Å²) in [6.07, 6.45) is 6.02. The Bertz CT molecular complexity index is 346. The van der Waals surface area contributed by atoms with E-state index in [1.807, 2.05) is 11.8 Å². The van der Waals surface area contributed by atoms with Crippen LogP contribution in [0.5, 0.6) is 5.75 Å². The number of ether oxygens (including phenoxy) is 1. The number of nitrogens with one attached hydrogen (secondary N) is 1. The molecule has 18 heavy (non-hydrogen) atoms. The van der Waals surface area contributed by atoms with Crippen LogP contribution >= 0.6 is 11.8 Å². The maximum atomic E-state index is 5.18. The molecule has 100 valence electrons. The molecule has 0 aliphatic heterocycles. The van der Waals surface area contributed by atoms with E-state index in [-0.39, 0.29) is 0 Å². The summed E-state index contributed by atoms with van der Waals surface area (Å²) in [4.78, 5) is 0. The number of methoxy groups -OCH3 is 1. The quantitative estimate of drug-likeness (QED) is 0.764. The minimum absolute atomic E-state index is 0.735. The summed E-state index contributed by atoms with van der Waals surface area (Å²) in [7, 11) is 1.72. The van der Waals surface area contributed by atoms with E-state index in [0.29, 0.717) is 0 Å². The monoisotopic (exact) mass is 265 g/mol. The molecule has 2 nitrogen and oxygen atoms in total. The molecule has 1 aromatic rings. The van der Waals surface area contributed by atoms with Gasteiger partial charge in [-0.25, -0.2) is 0 Å². The summed E-state index contributed by atoms with van der Waals surface area (Å²) >= 11 is 1.93. The zero-order valence-corrected chi connectivity index (χ0v) is 12.1. The third-order valence-corrected chi connectivity index (χ3v) is 4.38. The molecule has 1 aliphatic rings. The lowest BCUT2D eigenvalue weighted by atomic mass is 9.76. The van der Waals surface area contributed by atoms with Gasteiger partial charge < -0.3 is 10.1 Å². The second kappa shape index (κ2) is 7.05. The Kier molecular flexibility index (Phi) is 5.39. The van der Waals surface area contributed by atoms with Crippen LogP contribution in [0.25, 0.3) is 0 Å². The summed E-state index contributed by atoms with van der Waals surface area (Å²) < 4.78 is 5.18. The van der Waals surface area contributed by atoms with Gasteiger partial charge in [0.25, 0.3) is 0 Å². The topological polar surface area (TPSA) is 21.3 Å². The standard InChI is InChI=1S/C15H23NOS/c1-17-15-6-4-12(5-7-15)13-10-14(11-13)16-8-3-9-18-2/h4-7,13-14,16H,3,8-11H2,1-2H3. The first-order valence-electron chi connectivity index (χ1n) is 6.69. The predicted octanol–water partition coefficient (Wildman–Crippen LogP) is 3.28. The van der Waals surface area contributed by atoms with E-state index in [0.717, 1.165) is 17.7 Å². The van der Waals surface area contributed by atoms with Crippen molar-refractivity contribution in [3.63, 3.8) is 0 Å². The fourth-order valence-electron chi connectivity index (χ4n) is 2.46. The van der Waals surface area contributed by atoms with Crippen LogP contribution < -0.4 is 10.1 Å². The van der Waals surface area contributed by atoms with Gasteiger partial charge in [-0.1, -0.05) is 12.1 Å². The van der Waals surface area contributed by atoms with E-state index < -0.39 is 0 Å². The van der Waals surface area contributed by atoms with Gasteiger partial charge >= 0.3 is 0 Å². The van der Waals surface area contributed by atoms with Crippen molar-refractivity contribution in [2.24, 2.45) is 0 Å². The highest BCUT2D eigenvalue weighted by atomic mass is 32.2. The first-order chi connectivity index (χ1) is 8.83. The van der Waals surface area contributed by atoms with Crippen LogP contribution in [-0.4, -0.2) is 31.7 Å². The molecule has 1 aliphatic carbocycles. The Morgan fingerprint density at radius 3 is 2.61 bits per heavy atom. The molecule has 0 bridgehead atoms. The molecule has 1 fully saturated rings. The van der Waals surface area contributed by atoms with Gasteiger partial charge in [-0.15, -0.1) is 0 Å². The lowest BCUT2D eigenvalue weighted by Gasteiger charge is -2.36. The summed E-state index contributed by atoms with van der Waals surface area (Å²) in [5.41, 5.74) is 1.46. The molecule has 1 N–H and O–H groups in total. The molecule has 0 unspecified atom stereocenters. The highest BCUT2D eigenvalue weighted by Gasteiger charge is 2.29. The Morgan fingerprint density at radius 2 is 2.00 bits per heavy atom. The van der Waals surface area contributed by atoms with Gasteiger partial charge in [-0.05, 0) is 61.4 Å². The fourth-order valence-corrected chi connectivity index (χ4v) is 2.89. The third kappa shape index (κ3) is 3.66. The van der Waals surface area contributed by atoms with Crippen molar-refractivity contribution < 1.29 is 4.74 Å². The molecule has 0 amide bonds. The normalized spacial score (nSPS) is 22.6. The molecule has 0 atom stereocenters. The number of hydrogen-bond donors (Lipinski definition) is 1. The van der Waals surface area contributed by atoms with Crippen molar-refractivity contribution in [3.8, 4) is 5.75 Å². The average molecular weight is 265 g/mol. The molecule has 3 heteroatoms. The fraction of sp³-hybridized carbons (Fsp3) is 0.600. The largest absolute Gasteiger partial charge is 0.497 e. The molecule has 0 aromatic heterocycles. The van der Waals surface area contributed by atoms with E-state index in [4.69, 9.17) is 4.74 Å². The van der Waals surface area contributed by atoms with Crippen LogP contribution in [0.15, 0.2) is 24.3 Å². The Balaban J connectivity index is 1.68. The minimum atomic E-state index is 0.735. The lowest BCUT2D eigenvalue weighted by Crippen LogP contribution is -2.40. The van der Waals surface area contributed by atoms with Gasteiger partial charge in [-0.2, -0.15) is 11.8 Å². The Hall–Kier alpha value is -0.670. The minimum Gasteiger partial charge on any atom is -0.497 e. The number of hydrogen-bond acceptors (Lipinski definition) is 3. The van der Waals surface area contributed by atoms with E-state index in [1.165, 1.54) is 37.1 Å². The molecule has 0 radical (unpaired) electrons. The first kappa shape index (κ1) is 13.8. The molecule has 0 saturated heterocycles. The number of rotatable bonds is 7. The van der Waals surface area contributed by atoms with Crippen LogP contribution in [-0.2, 0) is 0 Å². The summed E-state index contributed by atoms with van der Waals surface area (Å²) in [5, 5.41) is 3.64. The average Bonchev–Trinajstić information content (AvgIpc) is 2.37. The van der Waals surface area contributed by atoms with E-state index >= 15 is 0 Å². The number of benzene rings is 1. The molecular formula is C15H23NOS. The van der Waals surface area contributed by atoms with Gasteiger partial charge in [0.2, 0.25) is 0 Å². The summed E-state index contributed by atoms with van der Waals surface area (Å²) in [6, 6.07) is 9.27. The third-order valence-electron chi connectivity index (χ3n) is 3.68. The van der Waals surface area contributed by atoms with Crippen LogP contribution in [0.2, 0.25) is 0 Å². The first-order valence-corrected chi connectivity index (χ1v) is 8.09. The SMILES string of the molecule is COc1ccc(C2CC(NCCCSC)C2)cc1. The summed E-state index contributed by atoms with van der Waals surface area (Å²) in [6.45, 7) is 1.17. The van der Waals surface area contributed by atoms with Crippen molar-refractivity contribution in [2.45, 2.75) is 31.2 Å². The van der Waals surface area contributed by atoms with Gasteiger partial charge in [-0.3, -0.25) is 0 Å². The molecule has 0 heterocycles. The second-order valence-corrected chi connectivity index (χ2v) is 5.92. The molecule has 1 aromatic carbocycles. The van der Waals surface area contributed by atoms with Crippen molar-refractivity contribution in [1.82, 2.24) is 5.32 Å². The van der Waals surface area contributed by atoms with Crippen molar-refractivity contribution in [1.29, 1.82) is 0 Å². The van der Waals surface area contributed by atoms with Crippen molar-refractivity contribution >= 4 is 11.8 Å². The lowest BCUT2D eigenvalue weighted by molar-refractivity contribution is 0.292. The zero-order chi connectivity index (χ0) is 12.8. The molecule has 2 rings (SSSR count). The highest BCUT2D eigenvalue weighted by molar-refractivity contribution is 7.98. The van der Waals surface area contributed by atoms with Gasteiger partial charge in [0.15, 0.2) is 0 Å². The Labute approximate surface area is 114 Å². The smallest absolute Gasteiger partial charge is 0.118 e. The van der Waals surface area contributed by atoms with Crippen LogP contribution in [0, 0.1) is 0 Å². The Morgan fingerprint density at radius 1 is 1.28 bits per heavy atom. The van der Waals surface area contributed by atoms with Crippen LogP contribution in [0.4, 0.5) is 0 Å². The van der Waals surface area contributed by atoms with Crippen LogP contribution in [0.3, 0.4) is 0 Å². The van der Waals surface area contributed by atoms with E-state index in [2.05, 4.69) is 35.8 Å². The van der Waals surface area contributed by atoms with E-state index in [9.17, 15) is 0 Å². The maximum absolute atomic E-state index is 5.18. The van der Waals surface area contributed by atoms with Crippen LogP contribution in [0.1, 0.15) is 30.7 Å². The molecule has 1 saturated carbocycles. The molecular weight excluding hydrogens is 242 g/mol. The van der Waals surface area contributed by atoms with Gasteiger partial charge in [0, 0.05) is 6.04 Å². The maximum Gasteiger partial charge on any atom is 0.118 e. The summed E-state index contributed by atoms with van der Waals surface area (Å²) in [5.74, 6) is 2.96. The van der Waals surface area contributed by atoms with E-state index in [1.54, 1.807) is 7.11 Å². The second-order valence-electron chi connectivity index (χ2n) is 4.94. The van der Waals surface area contributed by atoms with Gasteiger partial charge in [0.05, 0.1) is 7.11 Å². The van der Waals surface area contributed by atoms with Crippen molar-refractivity contribution in [3.05, 3.63) is 29.8 Å². The predicted molar refractivity (Wildman–Crippen MR) is 79.8 cm³/mol.